The van der Waals surface area contributed by atoms with Crippen molar-refractivity contribution in [1.29, 1.82) is 5.41 Å². The van der Waals surface area contributed by atoms with E-state index >= 15 is 0 Å². The van der Waals surface area contributed by atoms with Crippen molar-refractivity contribution in [2.24, 2.45) is 0 Å². The Hall–Kier alpha value is -0.870. The lowest BCUT2D eigenvalue weighted by molar-refractivity contribution is 0.0428. The average Bonchev–Trinajstić information content (AvgIpc) is 2.19. The minimum atomic E-state index is 0.810. The number of ether oxygens (including phenoxy) is 1. The van der Waals surface area contributed by atoms with Gasteiger partial charge in [-0.05, 0) is 5.57 Å². The summed E-state index contributed by atoms with van der Waals surface area (Å²) in [5.74, 6) is 0. The molecule has 1 fully saturated rings. The van der Waals surface area contributed by atoms with Gasteiger partial charge in [0.25, 0.3) is 0 Å². The van der Waals surface area contributed by atoms with Gasteiger partial charge in [0.2, 0.25) is 0 Å². The van der Waals surface area contributed by atoms with Crippen molar-refractivity contribution in [2.75, 3.05) is 39.9 Å². The first-order chi connectivity index (χ1) is 6.36. The van der Waals surface area contributed by atoms with Gasteiger partial charge in [-0.25, -0.2) is 0 Å². The van der Waals surface area contributed by atoms with Crippen LogP contribution in [0.3, 0.4) is 0 Å². The number of nitrogens with zero attached hydrogens (tertiary/aromatic N) is 1. The van der Waals surface area contributed by atoms with Crippen LogP contribution in [-0.2, 0) is 4.74 Å². The van der Waals surface area contributed by atoms with Crippen LogP contribution >= 0.6 is 0 Å². The van der Waals surface area contributed by atoms with E-state index in [-0.39, 0.29) is 0 Å². The lowest BCUT2D eigenvalue weighted by Gasteiger charge is -2.26. The zero-order valence-electron chi connectivity index (χ0n) is 8.05. The molecule has 0 bridgehead atoms. The molecule has 0 aromatic heterocycles. The van der Waals surface area contributed by atoms with Crippen molar-refractivity contribution in [3.63, 3.8) is 0 Å². The molecule has 4 nitrogen and oxygen atoms in total. The minimum absolute atomic E-state index is 0.810. The lowest BCUT2D eigenvalue weighted by Crippen LogP contribution is -2.37. The summed E-state index contributed by atoms with van der Waals surface area (Å²) in [5, 5.41) is 10.1. The molecule has 0 radical (unpaired) electrons. The summed E-state index contributed by atoms with van der Waals surface area (Å²) in [7, 11) is 1.85. The molecule has 74 valence electrons. The second-order valence-corrected chi connectivity index (χ2v) is 3.04. The maximum atomic E-state index is 7.19. The van der Waals surface area contributed by atoms with Crippen molar-refractivity contribution < 1.29 is 4.74 Å². The second-order valence-electron chi connectivity index (χ2n) is 3.04. The third kappa shape index (κ3) is 3.57. The molecule has 1 saturated heterocycles. The van der Waals surface area contributed by atoms with E-state index in [0.717, 1.165) is 38.4 Å². The molecule has 0 atom stereocenters. The molecule has 1 aliphatic rings. The van der Waals surface area contributed by atoms with Crippen LogP contribution in [0.2, 0.25) is 0 Å². The molecule has 13 heavy (non-hydrogen) atoms. The van der Waals surface area contributed by atoms with Crippen LogP contribution in [-0.4, -0.2) is 51.0 Å². The van der Waals surface area contributed by atoms with Gasteiger partial charge in [0.15, 0.2) is 0 Å². The average molecular weight is 183 g/mol. The third-order valence-corrected chi connectivity index (χ3v) is 2.03. The predicted octanol–water partition coefficient (Wildman–Crippen LogP) is 0.0715. The number of hydrogen-bond acceptors (Lipinski definition) is 4. The molecule has 0 aliphatic carbocycles. The fraction of sp³-hybridized carbons (Fsp3) is 0.667. The predicted molar refractivity (Wildman–Crippen MR) is 53.2 cm³/mol. The van der Waals surface area contributed by atoms with Crippen molar-refractivity contribution in [1.82, 2.24) is 10.2 Å². The highest BCUT2D eigenvalue weighted by Crippen LogP contribution is 2.00. The summed E-state index contributed by atoms with van der Waals surface area (Å²) >= 11 is 0. The van der Waals surface area contributed by atoms with Gasteiger partial charge < -0.3 is 15.5 Å². The van der Waals surface area contributed by atoms with Crippen LogP contribution in [0.25, 0.3) is 0 Å². The van der Waals surface area contributed by atoms with Crippen LogP contribution in [0.1, 0.15) is 0 Å². The van der Waals surface area contributed by atoms with Crippen molar-refractivity contribution >= 4 is 6.21 Å². The number of nitrogens with one attached hydrogen (secondary N) is 2. The van der Waals surface area contributed by atoms with Crippen LogP contribution in [0.15, 0.2) is 11.8 Å². The molecule has 2 N–H and O–H groups in total. The first kappa shape index (κ1) is 10.2. The van der Waals surface area contributed by atoms with Crippen molar-refractivity contribution in [2.45, 2.75) is 0 Å². The molecule has 1 heterocycles. The Morgan fingerprint density at radius 1 is 1.54 bits per heavy atom. The largest absolute Gasteiger partial charge is 0.394 e. The second kappa shape index (κ2) is 5.72. The highest BCUT2D eigenvalue weighted by molar-refractivity contribution is 5.76. The monoisotopic (exact) mass is 183 g/mol. The Kier molecular flexibility index (Phi) is 4.49. The fourth-order valence-corrected chi connectivity index (χ4v) is 1.34. The summed E-state index contributed by atoms with van der Waals surface area (Å²) in [6.45, 7) is 4.40. The third-order valence-electron chi connectivity index (χ3n) is 2.03. The van der Waals surface area contributed by atoms with E-state index in [4.69, 9.17) is 10.1 Å². The molecule has 0 unspecified atom stereocenters. The Labute approximate surface area is 79.1 Å². The van der Waals surface area contributed by atoms with Crippen molar-refractivity contribution in [3.05, 3.63) is 11.8 Å². The standard InChI is InChI=1S/C9H17N3O/c1-11-7-9(6-10)8-12-2-4-13-5-3-12/h6-7,10-11H,2-5,8H2,1H3/b9-7+,10-6?. The van der Waals surface area contributed by atoms with Crippen LogP contribution in [0.5, 0.6) is 0 Å². The maximum Gasteiger partial charge on any atom is 0.0594 e. The van der Waals surface area contributed by atoms with Gasteiger partial charge >= 0.3 is 0 Å². The maximum absolute atomic E-state index is 7.19. The summed E-state index contributed by atoms with van der Waals surface area (Å²) in [6.07, 6.45) is 3.26. The van der Waals surface area contributed by atoms with Gasteiger partial charge in [-0.15, -0.1) is 0 Å². The Bertz CT molecular complexity index is 185. The minimum Gasteiger partial charge on any atom is -0.394 e. The quantitative estimate of drug-likeness (QED) is 0.606. The molecule has 0 amide bonds. The van der Waals surface area contributed by atoms with Crippen LogP contribution in [0.4, 0.5) is 0 Å². The topological polar surface area (TPSA) is 48.4 Å². The molecule has 0 spiro atoms. The Balaban J connectivity index is 2.35. The molecule has 1 aliphatic heterocycles. The zero-order chi connectivity index (χ0) is 9.52. The highest BCUT2D eigenvalue weighted by Gasteiger charge is 2.10. The molecule has 4 heteroatoms. The molecule has 0 aromatic rings. The number of hydrogen-bond donors (Lipinski definition) is 2. The van der Waals surface area contributed by atoms with E-state index in [1.165, 1.54) is 6.21 Å². The molecule has 0 aromatic carbocycles. The molecule has 0 saturated carbocycles. The summed E-state index contributed by atoms with van der Waals surface area (Å²) < 4.78 is 5.24. The van der Waals surface area contributed by atoms with E-state index in [1.807, 2.05) is 13.2 Å². The SMILES string of the molecule is CN/C=C(\C=N)CN1CCOCC1. The van der Waals surface area contributed by atoms with Gasteiger partial charge in [0, 0.05) is 39.1 Å². The zero-order valence-corrected chi connectivity index (χ0v) is 8.05. The van der Waals surface area contributed by atoms with Gasteiger partial charge in [-0.3, -0.25) is 4.90 Å². The highest BCUT2D eigenvalue weighted by atomic mass is 16.5. The first-order valence-corrected chi connectivity index (χ1v) is 4.53. The van der Waals surface area contributed by atoms with Crippen LogP contribution < -0.4 is 5.32 Å². The van der Waals surface area contributed by atoms with E-state index in [1.54, 1.807) is 0 Å². The summed E-state index contributed by atoms with van der Waals surface area (Å²) in [4.78, 5) is 2.29. The van der Waals surface area contributed by atoms with E-state index in [2.05, 4.69) is 10.2 Å². The summed E-state index contributed by atoms with van der Waals surface area (Å²) in [5.41, 5.74) is 1.00. The van der Waals surface area contributed by atoms with Gasteiger partial charge in [0.1, 0.15) is 0 Å². The lowest BCUT2D eigenvalue weighted by atomic mass is 10.2. The number of rotatable bonds is 4. The van der Waals surface area contributed by atoms with Crippen molar-refractivity contribution in [3.8, 4) is 0 Å². The Morgan fingerprint density at radius 2 is 2.23 bits per heavy atom. The molecular weight excluding hydrogens is 166 g/mol. The van der Waals surface area contributed by atoms with E-state index < -0.39 is 0 Å². The molecular formula is C9H17N3O. The van der Waals surface area contributed by atoms with E-state index in [9.17, 15) is 0 Å². The molecule has 1 rings (SSSR count). The summed E-state index contributed by atoms with van der Waals surface area (Å²) in [6, 6.07) is 0. The Morgan fingerprint density at radius 3 is 2.77 bits per heavy atom. The van der Waals surface area contributed by atoms with Gasteiger partial charge in [0.05, 0.1) is 13.2 Å². The normalized spacial score (nSPS) is 19.9. The fourth-order valence-electron chi connectivity index (χ4n) is 1.34. The smallest absolute Gasteiger partial charge is 0.0594 e. The van der Waals surface area contributed by atoms with E-state index in [0.29, 0.717) is 0 Å². The van der Waals surface area contributed by atoms with Gasteiger partial charge in [-0.2, -0.15) is 0 Å². The first-order valence-electron chi connectivity index (χ1n) is 4.53. The van der Waals surface area contributed by atoms with Crippen LogP contribution in [0, 0.1) is 5.41 Å². The number of morpholine rings is 1. The van der Waals surface area contributed by atoms with Gasteiger partial charge in [-0.1, -0.05) is 0 Å².